The molecule has 4 rings (SSSR count). The first-order valence-electron chi connectivity index (χ1n) is 6.37. The number of fused-ring (bicyclic) bond motifs is 2. The van der Waals surface area contributed by atoms with Gasteiger partial charge in [0.15, 0.2) is 0 Å². The van der Waals surface area contributed by atoms with E-state index in [0.717, 1.165) is 17.8 Å². The minimum atomic E-state index is 0.845. The zero-order valence-corrected chi connectivity index (χ0v) is 10.4. The quantitative estimate of drug-likeness (QED) is 0.690. The molecule has 3 aromatic rings. The van der Waals surface area contributed by atoms with Gasteiger partial charge in [-0.15, -0.1) is 0 Å². The monoisotopic (exact) mass is 247 g/mol. The largest absolute Gasteiger partial charge is 0.380 e. The number of aromatic nitrogens is 2. The number of pyridine rings is 1. The number of anilines is 1. The number of aromatic amines is 1. The molecule has 0 bridgehead atoms. The molecule has 92 valence electrons. The van der Waals surface area contributed by atoms with E-state index in [1.807, 2.05) is 18.5 Å². The molecular weight excluding hydrogens is 234 g/mol. The number of nitrogens with one attached hydrogen (secondary N) is 2. The van der Waals surface area contributed by atoms with Crippen molar-refractivity contribution in [2.24, 2.45) is 0 Å². The molecule has 0 radical (unpaired) electrons. The van der Waals surface area contributed by atoms with Gasteiger partial charge < -0.3 is 10.3 Å². The fourth-order valence-corrected chi connectivity index (χ4v) is 2.53. The van der Waals surface area contributed by atoms with Crippen molar-refractivity contribution in [1.29, 1.82) is 0 Å². The summed E-state index contributed by atoms with van der Waals surface area (Å²) in [5.74, 6) is 0. The highest BCUT2D eigenvalue weighted by Gasteiger charge is 2.12. The summed E-state index contributed by atoms with van der Waals surface area (Å²) in [5.41, 5.74) is 5.95. The Morgan fingerprint density at radius 2 is 2.05 bits per heavy atom. The van der Waals surface area contributed by atoms with Gasteiger partial charge >= 0.3 is 0 Å². The third-order valence-corrected chi connectivity index (χ3v) is 3.53. The number of nitrogens with zero attached hydrogens (tertiary/aromatic N) is 1. The first-order chi connectivity index (χ1) is 9.40. The van der Waals surface area contributed by atoms with Crippen molar-refractivity contribution >= 4 is 28.2 Å². The molecule has 3 heterocycles. The molecule has 3 heteroatoms. The molecular formula is C16H13N3. The highest BCUT2D eigenvalue weighted by atomic mass is 14.9. The Morgan fingerprint density at radius 1 is 1.11 bits per heavy atom. The molecule has 0 atom stereocenters. The van der Waals surface area contributed by atoms with E-state index in [0.29, 0.717) is 0 Å². The third kappa shape index (κ3) is 1.71. The van der Waals surface area contributed by atoms with Crippen LogP contribution in [0.1, 0.15) is 11.3 Å². The van der Waals surface area contributed by atoms with Crippen molar-refractivity contribution in [3.63, 3.8) is 0 Å². The van der Waals surface area contributed by atoms with Crippen LogP contribution in [0.2, 0.25) is 0 Å². The van der Waals surface area contributed by atoms with E-state index in [-0.39, 0.29) is 0 Å². The smallest absolute Gasteiger partial charge is 0.0645 e. The Bertz CT molecular complexity index is 750. The maximum atomic E-state index is 4.14. The molecule has 1 aliphatic heterocycles. The van der Waals surface area contributed by atoms with Crippen LogP contribution in [0.3, 0.4) is 0 Å². The molecule has 0 saturated heterocycles. The van der Waals surface area contributed by atoms with Crippen molar-refractivity contribution in [3.05, 3.63) is 60.0 Å². The first kappa shape index (κ1) is 10.4. The molecule has 1 aliphatic rings. The van der Waals surface area contributed by atoms with Gasteiger partial charge in [0.2, 0.25) is 0 Å². The zero-order chi connectivity index (χ0) is 12.7. The summed E-state index contributed by atoms with van der Waals surface area (Å²) in [7, 11) is 0. The van der Waals surface area contributed by atoms with Gasteiger partial charge in [0.25, 0.3) is 0 Å². The van der Waals surface area contributed by atoms with Gasteiger partial charge in [-0.05, 0) is 35.4 Å². The second-order valence-electron chi connectivity index (χ2n) is 4.76. The maximum Gasteiger partial charge on any atom is 0.0645 e. The minimum absolute atomic E-state index is 0.845. The van der Waals surface area contributed by atoms with Crippen LogP contribution in [0, 0.1) is 0 Å². The Labute approximate surface area is 111 Å². The lowest BCUT2D eigenvalue weighted by Crippen LogP contribution is -2.09. The van der Waals surface area contributed by atoms with Crippen LogP contribution in [0.5, 0.6) is 0 Å². The lowest BCUT2D eigenvalue weighted by Gasteiger charge is -2.17. The predicted octanol–water partition coefficient (Wildman–Crippen LogP) is 3.53. The second kappa shape index (κ2) is 3.99. The van der Waals surface area contributed by atoms with Gasteiger partial charge in [0.1, 0.15) is 0 Å². The molecule has 0 spiro atoms. The number of benzene rings is 1. The van der Waals surface area contributed by atoms with E-state index in [4.69, 9.17) is 0 Å². The van der Waals surface area contributed by atoms with Crippen LogP contribution in [-0.4, -0.2) is 16.5 Å². The third-order valence-electron chi connectivity index (χ3n) is 3.53. The topological polar surface area (TPSA) is 40.7 Å². The van der Waals surface area contributed by atoms with E-state index < -0.39 is 0 Å². The van der Waals surface area contributed by atoms with E-state index in [1.165, 1.54) is 22.2 Å². The Kier molecular flexibility index (Phi) is 2.18. The van der Waals surface area contributed by atoms with Crippen LogP contribution in [0.4, 0.5) is 5.69 Å². The highest BCUT2D eigenvalue weighted by molar-refractivity contribution is 5.93. The summed E-state index contributed by atoms with van der Waals surface area (Å²) >= 11 is 0. The molecule has 19 heavy (non-hydrogen) atoms. The van der Waals surface area contributed by atoms with Crippen LogP contribution < -0.4 is 5.32 Å². The SMILES string of the molecule is C1=C(c2cc3ccncc3[nH]2)CNc2ccccc21. The molecule has 0 amide bonds. The van der Waals surface area contributed by atoms with Gasteiger partial charge in [0.05, 0.1) is 11.7 Å². The molecule has 3 nitrogen and oxygen atoms in total. The van der Waals surface area contributed by atoms with Crippen molar-refractivity contribution < 1.29 is 0 Å². The van der Waals surface area contributed by atoms with Crippen molar-refractivity contribution in [2.75, 3.05) is 11.9 Å². The van der Waals surface area contributed by atoms with Crippen molar-refractivity contribution in [3.8, 4) is 0 Å². The van der Waals surface area contributed by atoms with Gasteiger partial charge in [-0.25, -0.2) is 0 Å². The average Bonchev–Trinajstić information content (AvgIpc) is 2.90. The summed E-state index contributed by atoms with van der Waals surface area (Å²) in [6.45, 7) is 0.845. The molecule has 2 N–H and O–H groups in total. The summed E-state index contributed by atoms with van der Waals surface area (Å²) < 4.78 is 0. The van der Waals surface area contributed by atoms with Gasteiger partial charge in [-0.1, -0.05) is 18.2 Å². The zero-order valence-electron chi connectivity index (χ0n) is 10.4. The lowest BCUT2D eigenvalue weighted by atomic mass is 10.0. The standard InChI is InChI=1S/C16H13N3/c1-2-4-14-11(3-1)7-13(9-18-14)15-8-12-5-6-17-10-16(12)19-15/h1-8,10,18-19H,9H2. The summed E-state index contributed by atoms with van der Waals surface area (Å²) in [5, 5.41) is 4.65. The van der Waals surface area contributed by atoms with Crippen LogP contribution in [0.25, 0.3) is 22.6 Å². The van der Waals surface area contributed by atoms with E-state index in [9.17, 15) is 0 Å². The second-order valence-corrected chi connectivity index (χ2v) is 4.76. The fraction of sp³-hybridized carbons (Fsp3) is 0.0625. The van der Waals surface area contributed by atoms with E-state index in [2.05, 4.69) is 51.7 Å². The van der Waals surface area contributed by atoms with Gasteiger partial charge in [-0.3, -0.25) is 4.98 Å². The number of hydrogen-bond acceptors (Lipinski definition) is 2. The van der Waals surface area contributed by atoms with Crippen molar-refractivity contribution in [2.45, 2.75) is 0 Å². The molecule has 0 fully saturated rings. The Balaban J connectivity index is 1.83. The first-order valence-corrected chi connectivity index (χ1v) is 6.37. The number of H-pyrrole nitrogens is 1. The van der Waals surface area contributed by atoms with Crippen LogP contribution in [-0.2, 0) is 0 Å². The summed E-state index contributed by atoms with van der Waals surface area (Å²) in [4.78, 5) is 7.57. The van der Waals surface area contributed by atoms with Crippen LogP contribution in [0.15, 0.2) is 48.8 Å². The number of para-hydroxylation sites is 1. The van der Waals surface area contributed by atoms with Gasteiger partial charge in [0, 0.05) is 29.5 Å². The molecule has 2 aromatic heterocycles. The van der Waals surface area contributed by atoms with E-state index in [1.54, 1.807) is 0 Å². The average molecular weight is 247 g/mol. The molecule has 0 unspecified atom stereocenters. The summed E-state index contributed by atoms with van der Waals surface area (Å²) in [6.07, 6.45) is 5.93. The Morgan fingerprint density at radius 3 is 3.00 bits per heavy atom. The predicted molar refractivity (Wildman–Crippen MR) is 78.9 cm³/mol. The van der Waals surface area contributed by atoms with Crippen LogP contribution >= 0.6 is 0 Å². The van der Waals surface area contributed by atoms with Gasteiger partial charge in [-0.2, -0.15) is 0 Å². The Hall–Kier alpha value is -2.55. The lowest BCUT2D eigenvalue weighted by molar-refractivity contribution is 1.27. The molecule has 0 aliphatic carbocycles. The highest BCUT2D eigenvalue weighted by Crippen LogP contribution is 2.29. The maximum absolute atomic E-state index is 4.14. The number of hydrogen-bond donors (Lipinski definition) is 2. The van der Waals surface area contributed by atoms with E-state index >= 15 is 0 Å². The molecule has 1 aromatic carbocycles. The summed E-state index contributed by atoms with van der Waals surface area (Å²) in [6, 6.07) is 12.6. The minimum Gasteiger partial charge on any atom is -0.380 e. The van der Waals surface area contributed by atoms with Crippen molar-refractivity contribution in [1.82, 2.24) is 9.97 Å². The fourth-order valence-electron chi connectivity index (χ4n) is 2.53. The normalized spacial score (nSPS) is 13.8. The molecule has 0 saturated carbocycles. The number of rotatable bonds is 1.